The van der Waals surface area contributed by atoms with Crippen molar-refractivity contribution in [3.05, 3.63) is 62.3 Å². The van der Waals surface area contributed by atoms with Crippen LogP contribution in [0.25, 0.3) is 0 Å². The molecule has 2 nitrogen and oxygen atoms in total. The fourth-order valence-corrected chi connectivity index (χ4v) is 2.72. The normalized spacial score (nSPS) is 12.2. The van der Waals surface area contributed by atoms with E-state index in [4.69, 9.17) is 4.74 Å². The maximum atomic E-state index is 14.0. The highest BCUT2D eigenvalue weighted by atomic mass is 79.9. The number of ether oxygens (including phenoxy) is 1. The monoisotopic (exact) mass is 402 g/mol. The number of aliphatic hydroxyl groups is 1. The Labute approximate surface area is 133 Å². The van der Waals surface area contributed by atoms with Crippen molar-refractivity contribution in [2.45, 2.75) is 12.5 Å². The van der Waals surface area contributed by atoms with E-state index >= 15 is 0 Å². The van der Waals surface area contributed by atoms with Crippen LogP contribution < -0.4 is 4.74 Å². The molecule has 20 heavy (non-hydrogen) atoms. The van der Waals surface area contributed by atoms with E-state index in [1.165, 1.54) is 0 Å². The molecule has 2 aromatic carbocycles. The lowest BCUT2D eigenvalue weighted by atomic mass is 10.0. The third-order valence-electron chi connectivity index (χ3n) is 3.01. The quantitative estimate of drug-likeness (QED) is 0.805. The molecule has 0 radical (unpaired) electrons. The summed E-state index contributed by atoms with van der Waals surface area (Å²) in [6.45, 7) is 0. The highest BCUT2D eigenvalue weighted by Gasteiger charge is 2.16. The van der Waals surface area contributed by atoms with Gasteiger partial charge in [-0.15, -0.1) is 0 Å². The van der Waals surface area contributed by atoms with Crippen LogP contribution in [-0.4, -0.2) is 12.2 Å². The first-order valence-corrected chi connectivity index (χ1v) is 7.56. The average Bonchev–Trinajstić information content (AvgIpc) is 2.44. The summed E-state index contributed by atoms with van der Waals surface area (Å²) in [7, 11) is 1.58. The van der Waals surface area contributed by atoms with Gasteiger partial charge in [-0.05, 0) is 45.8 Å². The van der Waals surface area contributed by atoms with Gasteiger partial charge in [0.2, 0.25) is 0 Å². The zero-order valence-corrected chi connectivity index (χ0v) is 13.9. The Balaban J connectivity index is 2.27. The first-order chi connectivity index (χ1) is 9.52. The van der Waals surface area contributed by atoms with Gasteiger partial charge in [0, 0.05) is 16.5 Å². The summed E-state index contributed by atoms with van der Waals surface area (Å²) in [4.78, 5) is 0. The molecule has 106 valence electrons. The van der Waals surface area contributed by atoms with E-state index < -0.39 is 11.9 Å². The molecule has 0 heterocycles. The Hall–Kier alpha value is -0.910. The predicted molar refractivity (Wildman–Crippen MR) is 83.5 cm³/mol. The summed E-state index contributed by atoms with van der Waals surface area (Å²) in [5, 5.41) is 10.2. The number of methoxy groups -OCH3 is 1. The SMILES string of the molecule is COc1ccc(Br)c(CC(O)c2cccc(Br)c2F)c1. The Morgan fingerprint density at radius 1 is 1.20 bits per heavy atom. The van der Waals surface area contributed by atoms with Crippen molar-refractivity contribution in [2.75, 3.05) is 7.11 Å². The summed E-state index contributed by atoms with van der Waals surface area (Å²) in [6, 6.07) is 10.4. The fraction of sp³-hybridized carbons (Fsp3) is 0.200. The topological polar surface area (TPSA) is 29.5 Å². The molecule has 1 atom stereocenters. The number of rotatable bonds is 4. The third kappa shape index (κ3) is 3.40. The molecule has 0 bridgehead atoms. The lowest BCUT2D eigenvalue weighted by Crippen LogP contribution is -2.05. The van der Waals surface area contributed by atoms with Gasteiger partial charge in [0.15, 0.2) is 0 Å². The van der Waals surface area contributed by atoms with E-state index in [0.717, 1.165) is 10.0 Å². The standard InChI is InChI=1S/C15H13Br2FO2/c1-20-10-5-6-12(16)9(7-10)8-14(19)11-3-2-4-13(17)15(11)18/h2-7,14,19H,8H2,1H3. The van der Waals surface area contributed by atoms with Gasteiger partial charge >= 0.3 is 0 Å². The Morgan fingerprint density at radius 3 is 2.65 bits per heavy atom. The number of hydrogen-bond acceptors (Lipinski definition) is 2. The third-order valence-corrected chi connectivity index (χ3v) is 4.39. The highest BCUT2D eigenvalue weighted by Crippen LogP contribution is 2.30. The summed E-state index contributed by atoms with van der Waals surface area (Å²) in [5.41, 5.74) is 1.13. The fourth-order valence-electron chi connectivity index (χ4n) is 1.93. The van der Waals surface area contributed by atoms with Crippen molar-refractivity contribution in [3.8, 4) is 5.75 Å². The number of benzene rings is 2. The van der Waals surface area contributed by atoms with Crippen molar-refractivity contribution in [2.24, 2.45) is 0 Å². The summed E-state index contributed by atoms with van der Waals surface area (Å²) in [5.74, 6) is 0.268. The molecule has 0 aromatic heterocycles. The zero-order valence-electron chi connectivity index (χ0n) is 10.7. The molecule has 1 unspecified atom stereocenters. The minimum absolute atomic E-state index is 0.272. The van der Waals surface area contributed by atoms with Crippen LogP contribution in [0.1, 0.15) is 17.2 Å². The highest BCUT2D eigenvalue weighted by molar-refractivity contribution is 9.10. The summed E-state index contributed by atoms with van der Waals surface area (Å²) in [6.07, 6.45) is -0.624. The molecular weight excluding hydrogens is 391 g/mol. The van der Waals surface area contributed by atoms with E-state index in [1.807, 2.05) is 18.2 Å². The van der Waals surface area contributed by atoms with Crippen molar-refractivity contribution in [1.82, 2.24) is 0 Å². The van der Waals surface area contributed by atoms with Crippen LogP contribution in [0, 0.1) is 5.82 Å². The molecule has 2 rings (SSSR count). The average molecular weight is 404 g/mol. The second kappa shape index (κ2) is 6.70. The van der Waals surface area contributed by atoms with Crippen LogP contribution in [0.15, 0.2) is 45.3 Å². The van der Waals surface area contributed by atoms with Crippen LogP contribution >= 0.6 is 31.9 Å². The van der Waals surface area contributed by atoms with E-state index in [9.17, 15) is 9.50 Å². The molecule has 0 aliphatic rings. The molecule has 1 N–H and O–H groups in total. The molecule has 0 aliphatic carbocycles. The van der Waals surface area contributed by atoms with E-state index in [0.29, 0.717) is 16.6 Å². The van der Waals surface area contributed by atoms with E-state index in [1.54, 1.807) is 25.3 Å². The van der Waals surface area contributed by atoms with Crippen molar-refractivity contribution in [1.29, 1.82) is 0 Å². The van der Waals surface area contributed by atoms with Crippen LogP contribution in [0.4, 0.5) is 4.39 Å². The van der Waals surface area contributed by atoms with Gasteiger partial charge in [0.05, 0.1) is 17.7 Å². The minimum atomic E-state index is -0.920. The lowest BCUT2D eigenvalue weighted by molar-refractivity contribution is 0.173. The predicted octanol–water partition coefficient (Wildman–Crippen LogP) is 4.64. The Morgan fingerprint density at radius 2 is 1.95 bits per heavy atom. The molecule has 0 amide bonds. The first-order valence-electron chi connectivity index (χ1n) is 5.97. The second-order valence-electron chi connectivity index (χ2n) is 4.32. The van der Waals surface area contributed by atoms with Crippen LogP contribution in [0.3, 0.4) is 0 Å². The molecule has 0 aliphatic heterocycles. The second-order valence-corrected chi connectivity index (χ2v) is 6.03. The molecule has 0 fully saturated rings. The maximum absolute atomic E-state index is 14.0. The molecule has 0 saturated heterocycles. The Bertz CT molecular complexity index is 617. The van der Waals surface area contributed by atoms with Crippen LogP contribution in [-0.2, 0) is 6.42 Å². The molecule has 2 aromatic rings. The number of aliphatic hydroxyl groups excluding tert-OH is 1. The minimum Gasteiger partial charge on any atom is -0.497 e. The van der Waals surface area contributed by atoms with Gasteiger partial charge in [-0.25, -0.2) is 4.39 Å². The van der Waals surface area contributed by atoms with Gasteiger partial charge in [-0.1, -0.05) is 28.1 Å². The van der Waals surface area contributed by atoms with E-state index in [2.05, 4.69) is 31.9 Å². The molecular formula is C15H13Br2FO2. The number of hydrogen-bond donors (Lipinski definition) is 1. The van der Waals surface area contributed by atoms with E-state index in [-0.39, 0.29) is 5.56 Å². The summed E-state index contributed by atoms with van der Waals surface area (Å²) >= 11 is 6.55. The van der Waals surface area contributed by atoms with Crippen molar-refractivity contribution >= 4 is 31.9 Å². The van der Waals surface area contributed by atoms with Crippen molar-refractivity contribution in [3.63, 3.8) is 0 Å². The van der Waals surface area contributed by atoms with Crippen LogP contribution in [0.2, 0.25) is 0 Å². The van der Waals surface area contributed by atoms with Gasteiger partial charge in [0.25, 0.3) is 0 Å². The molecule has 0 saturated carbocycles. The molecule has 0 spiro atoms. The smallest absolute Gasteiger partial charge is 0.143 e. The zero-order chi connectivity index (χ0) is 14.7. The van der Waals surface area contributed by atoms with Crippen molar-refractivity contribution < 1.29 is 14.2 Å². The lowest BCUT2D eigenvalue weighted by Gasteiger charge is -2.14. The first kappa shape index (κ1) is 15.5. The largest absolute Gasteiger partial charge is 0.497 e. The van der Waals surface area contributed by atoms with Gasteiger partial charge in [-0.2, -0.15) is 0 Å². The van der Waals surface area contributed by atoms with Gasteiger partial charge < -0.3 is 9.84 Å². The van der Waals surface area contributed by atoms with Gasteiger partial charge in [-0.3, -0.25) is 0 Å². The van der Waals surface area contributed by atoms with Crippen LogP contribution in [0.5, 0.6) is 5.75 Å². The Kier molecular flexibility index (Phi) is 5.18. The summed E-state index contributed by atoms with van der Waals surface area (Å²) < 4.78 is 20.3. The molecule has 5 heteroatoms. The van der Waals surface area contributed by atoms with Gasteiger partial charge in [0.1, 0.15) is 11.6 Å². The number of halogens is 3. The maximum Gasteiger partial charge on any atom is 0.143 e.